The first kappa shape index (κ1) is 12.4. The number of methoxy groups -OCH3 is 1. The SMILES string of the molecule is COc1csc(C(O)c2ccc(C)c(Cl)c2)c1. The number of aliphatic hydroxyl groups excluding tert-OH is 1. The Balaban J connectivity index is 2.29. The van der Waals surface area contributed by atoms with Gasteiger partial charge in [-0.3, -0.25) is 0 Å². The molecule has 1 atom stereocenters. The monoisotopic (exact) mass is 268 g/mol. The zero-order valence-corrected chi connectivity index (χ0v) is 11.2. The van der Waals surface area contributed by atoms with E-state index in [1.165, 1.54) is 11.3 Å². The maximum atomic E-state index is 10.2. The molecule has 0 fully saturated rings. The first-order valence-corrected chi connectivity index (χ1v) is 6.44. The highest BCUT2D eigenvalue weighted by atomic mass is 35.5. The van der Waals surface area contributed by atoms with Gasteiger partial charge in [-0.05, 0) is 30.2 Å². The van der Waals surface area contributed by atoms with E-state index in [9.17, 15) is 5.11 Å². The Morgan fingerprint density at radius 1 is 1.35 bits per heavy atom. The van der Waals surface area contributed by atoms with E-state index in [1.807, 2.05) is 30.5 Å². The minimum Gasteiger partial charge on any atom is -0.496 e. The summed E-state index contributed by atoms with van der Waals surface area (Å²) in [6.07, 6.45) is -0.651. The maximum absolute atomic E-state index is 10.2. The van der Waals surface area contributed by atoms with Gasteiger partial charge in [0.1, 0.15) is 11.9 Å². The van der Waals surface area contributed by atoms with Crippen LogP contribution in [0.1, 0.15) is 22.1 Å². The summed E-state index contributed by atoms with van der Waals surface area (Å²) in [4.78, 5) is 0.849. The second-order valence-electron chi connectivity index (χ2n) is 3.80. The van der Waals surface area contributed by atoms with Crippen molar-refractivity contribution in [3.8, 4) is 5.75 Å². The van der Waals surface area contributed by atoms with Crippen LogP contribution in [0.4, 0.5) is 0 Å². The summed E-state index contributed by atoms with van der Waals surface area (Å²) in [6, 6.07) is 7.43. The second kappa shape index (κ2) is 5.08. The van der Waals surface area contributed by atoms with E-state index >= 15 is 0 Å². The Kier molecular flexibility index (Phi) is 3.72. The predicted molar refractivity (Wildman–Crippen MR) is 71.1 cm³/mol. The lowest BCUT2D eigenvalue weighted by Gasteiger charge is -2.10. The number of hydrogen-bond acceptors (Lipinski definition) is 3. The van der Waals surface area contributed by atoms with Crippen LogP contribution in [-0.2, 0) is 0 Å². The van der Waals surface area contributed by atoms with Gasteiger partial charge >= 0.3 is 0 Å². The molecule has 2 aromatic rings. The zero-order chi connectivity index (χ0) is 12.4. The van der Waals surface area contributed by atoms with Crippen molar-refractivity contribution < 1.29 is 9.84 Å². The molecule has 1 N–H and O–H groups in total. The van der Waals surface area contributed by atoms with Crippen LogP contribution in [0.5, 0.6) is 5.75 Å². The molecular weight excluding hydrogens is 256 g/mol. The smallest absolute Gasteiger partial charge is 0.129 e. The molecule has 0 aliphatic carbocycles. The number of aryl methyl sites for hydroxylation is 1. The molecule has 90 valence electrons. The van der Waals surface area contributed by atoms with Crippen LogP contribution in [-0.4, -0.2) is 12.2 Å². The Labute approximate surface area is 109 Å². The van der Waals surface area contributed by atoms with Crippen LogP contribution in [0, 0.1) is 6.92 Å². The molecule has 0 aliphatic rings. The average Bonchev–Trinajstić information content (AvgIpc) is 2.80. The van der Waals surface area contributed by atoms with Crippen LogP contribution in [0.2, 0.25) is 5.02 Å². The minimum atomic E-state index is -0.651. The van der Waals surface area contributed by atoms with Crippen LogP contribution in [0.25, 0.3) is 0 Å². The maximum Gasteiger partial charge on any atom is 0.129 e. The van der Waals surface area contributed by atoms with Crippen LogP contribution >= 0.6 is 22.9 Å². The number of benzene rings is 1. The van der Waals surface area contributed by atoms with E-state index in [4.69, 9.17) is 16.3 Å². The fourth-order valence-electron chi connectivity index (χ4n) is 1.53. The van der Waals surface area contributed by atoms with Crippen molar-refractivity contribution in [2.45, 2.75) is 13.0 Å². The number of halogens is 1. The summed E-state index contributed by atoms with van der Waals surface area (Å²) in [7, 11) is 1.61. The molecule has 4 heteroatoms. The third-order valence-electron chi connectivity index (χ3n) is 2.61. The Morgan fingerprint density at radius 2 is 2.12 bits per heavy atom. The lowest BCUT2D eigenvalue weighted by atomic mass is 10.1. The van der Waals surface area contributed by atoms with Gasteiger partial charge in [-0.1, -0.05) is 23.7 Å². The van der Waals surface area contributed by atoms with E-state index in [0.717, 1.165) is 21.8 Å². The van der Waals surface area contributed by atoms with E-state index < -0.39 is 6.10 Å². The van der Waals surface area contributed by atoms with Crippen molar-refractivity contribution in [1.29, 1.82) is 0 Å². The van der Waals surface area contributed by atoms with Gasteiger partial charge < -0.3 is 9.84 Å². The number of hydrogen-bond donors (Lipinski definition) is 1. The molecule has 0 saturated carbocycles. The molecule has 2 rings (SSSR count). The normalized spacial score (nSPS) is 12.5. The molecule has 0 aliphatic heterocycles. The second-order valence-corrected chi connectivity index (χ2v) is 5.15. The topological polar surface area (TPSA) is 29.5 Å². The van der Waals surface area contributed by atoms with Crippen molar-refractivity contribution in [1.82, 2.24) is 0 Å². The van der Waals surface area contributed by atoms with E-state index in [0.29, 0.717) is 5.02 Å². The van der Waals surface area contributed by atoms with Crippen molar-refractivity contribution in [3.63, 3.8) is 0 Å². The number of ether oxygens (including phenoxy) is 1. The highest BCUT2D eigenvalue weighted by molar-refractivity contribution is 7.10. The summed E-state index contributed by atoms with van der Waals surface area (Å²) < 4.78 is 5.10. The van der Waals surface area contributed by atoms with E-state index in [2.05, 4.69) is 0 Å². The molecule has 2 nitrogen and oxygen atoms in total. The van der Waals surface area contributed by atoms with Gasteiger partial charge in [0.25, 0.3) is 0 Å². The van der Waals surface area contributed by atoms with Crippen molar-refractivity contribution in [3.05, 3.63) is 50.7 Å². The van der Waals surface area contributed by atoms with Crippen LogP contribution < -0.4 is 4.74 Å². The summed E-state index contributed by atoms with van der Waals surface area (Å²) in [5, 5.41) is 12.8. The number of aliphatic hydroxyl groups is 1. The van der Waals surface area contributed by atoms with Crippen LogP contribution in [0.3, 0.4) is 0 Å². The van der Waals surface area contributed by atoms with E-state index in [-0.39, 0.29) is 0 Å². The van der Waals surface area contributed by atoms with Gasteiger partial charge in [0, 0.05) is 15.3 Å². The number of thiophene rings is 1. The van der Waals surface area contributed by atoms with Crippen LogP contribution in [0.15, 0.2) is 29.6 Å². The molecule has 1 unspecified atom stereocenters. The Hall–Kier alpha value is -1.03. The fourth-order valence-corrected chi connectivity index (χ4v) is 2.58. The molecule has 0 saturated heterocycles. The van der Waals surface area contributed by atoms with E-state index in [1.54, 1.807) is 13.2 Å². The summed E-state index contributed by atoms with van der Waals surface area (Å²) in [5.41, 5.74) is 1.80. The lowest BCUT2D eigenvalue weighted by molar-refractivity contribution is 0.224. The highest BCUT2D eigenvalue weighted by Gasteiger charge is 2.14. The molecule has 1 aromatic heterocycles. The summed E-state index contributed by atoms with van der Waals surface area (Å²) in [5.74, 6) is 0.766. The minimum absolute atomic E-state index is 0.651. The number of rotatable bonds is 3. The molecule has 0 spiro atoms. The predicted octanol–water partition coefficient (Wildman–Crippen LogP) is 3.80. The zero-order valence-electron chi connectivity index (χ0n) is 9.61. The highest BCUT2D eigenvalue weighted by Crippen LogP contribution is 2.32. The molecule has 1 heterocycles. The van der Waals surface area contributed by atoms with Crippen molar-refractivity contribution in [2.75, 3.05) is 7.11 Å². The van der Waals surface area contributed by atoms with Gasteiger partial charge in [-0.15, -0.1) is 11.3 Å². The average molecular weight is 269 g/mol. The third kappa shape index (κ3) is 2.63. The largest absolute Gasteiger partial charge is 0.496 e. The first-order valence-electron chi connectivity index (χ1n) is 5.18. The molecule has 0 bridgehead atoms. The standard InChI is InChI=1S/C13H13ClO2S/c1-8-3-4-9(5-11(8)14)13(15)12-6-10(16-2)7-17-12/h3-7,13,15H,1-2H3. The summed E-state index contributed by atoms with van der Waals surface area (Å²) >= 11 is 7.51. The Bertz CT molecular complexity index is 522. The molecular formula is C13H13ClO2S. The third-order valence-corrected chi connectivity index (χ3v) is 3.98. The fraction of sp³-hybridized carbons (Fsp3) is 0.231. The quantitative estimate of drug-likeness (QED) is 0.917. The van der Waals surface area contributed by atoms with Gasteiger partial charge in [0.15, 0.2) is 0 Å². The van der Waals surface area contributed by atoms with Crippen molar-refractivity contribution >= 4 is 22.9 Å². The van der Waals surface area contributed by atoms with Gasteiger partial charge in [-0.2, -0.15) is 0 Å². The molecule has 17 heavy (non-hydrogen) atoms. The van der Waals surface area contributed by atoms with Gasteiger partial charge in [-0.25, -0.2) is 0 Å². The first-order chi connectivity index (χ1) is 8.11. The molecule has 0 amide bonds. The van der Waals surface area contributed by atoms with Gasteiger partial charge in [0.2, 0.25) is 0 Å². The molecule has 1 aromatic carbocycles. The Morgan fingerprint density at radius 3 is 2.71 bits per heavy atom. The lowest BCUT2D eigenvalue weighted by Crippen LogP contribution is -1.97. The van der Waals surface area contributed by atoms with Gasteiger partial charge in [0.05, 0.1) is 7.11 Å². The summed E-state index contributed by atoms with van der Waals surface area (Å²) in [6.45, 7) is 1.94. The molecule has 0 radical (unpaired) electrons. The van der Waals surface area contributed by atoms with Crippen molar-refractivity contribution in [2.24, 2.45) is 0 Å².